The number of nitrogens with one attached hydrogen (secondary N) is 2. The van der Waals surface area contributed by atoms with Crippen molar-refractivity contribution >= 4 is 45.9 Å². The van der Waals surface area contributed by atoms with E-state index in [1.165, 1.54) is 16.2 Å². The number of fused-ring (bicyclic) bond motifs is 1. The molecule has 0 radical (unpaired) electrons. The smallest absolute Gasteiger partial charge is 0.252 e. The first-order valence-electron chi connectivity index (χ1n) is 11.3. The highest BCUT2D eigenvalue weighted by atomic mass is 35.5. The fraction of sp³-hybridized carbons (Fsp3) is 0.500. The third-order valence-electron chi connectivity index (χ3n) is 5.32. The van der Waals surface area contributed by atoms with Gasteiger partial charge in [-0.2, -0.15) is 0 Å². The number of hydrogen-bond donors (Lipinski definition) is 3. The Balaban J connectivity index is 0.000000619. The van der Waals surface area contributed by atoms with Crippen LogP contribution in [-0.4, -0.2) is 43.5 Å². The molecular formula is C24H40ClN4O2S+. The molecule has 0 saturated heterocycles. The van der Waals surface area contributed by atoms with E-state index in [1.54, 1.807) is 0 Å². The molecule has 4 N–H and O–H groups in total. The van der Waals surface area contributed by atoms with Crippen LogP contribution in [0.4, 0.5) is 10.7 Å². The molecule has 6 nitrogen and oxygen atoms in total. The summed E-state index contributed by atoms with van der Waals surface area (Å²) in [7, 11) is 1.88. The summed E-state index contributed by atoms with van der Waals surface area (Å²) in [5, 5.41) is 6.97. The number of carbonyl (C=O) groups excluding carboxylic acids is 2. The van der Waals surface area contributed by atoms with Gasteiger partial charge in [0.2, 0.25) is 6.41 Å². The third kappa shape index (κ3) is 8.11. The molecule has 0 unspecified atom stereocenters. The first-order chi connectivity index (χ1) is 15.4. The Kier molecular flexibility index (Phi) is 14.6. The van der Waals surface area contributed by atoms with Crippen LogP contribution in [0, 0.1) is 0 Å². The fourth-order valence-corrected chi connectivity index (χ4v) is 4.90. The van der Waals surface area contributed by atoms with Crippen molar-refractivity contribution in [1.29, 1.82) is 0 Å². The average molecular weight is 484 g/mol. The molecule has 0 atom stereocenters. The van der Waals surface area contributed by atoms with E-state index in [9.17, 15) is 9.59 Å². The normalized spacial score (nSPS) is 12.9. The van der Waals surface area contributed by atoms with Crippen molar-refractivity contribution in [1.82, 2.24) is 0 Å². The van der Waals surface area contributed by atoms with E-state index in [0.29, 0.717) is 17.0 Å². The first kappa shape index (κ1) is 29.9. The Bertz CT molecular complexity index is 818. The number of nitrogens with two attached hydrogens (primary N) is 1. The van der Waals surface area contributed by atoms with Crippen molar-refractivity contribution < 1.29 is 14.1 Å². The van der Waals surface area contributed by atoms with Gasteiger partial charge in [-0.1, -0.05) is 39.3 Å². The second-order valence-corrected chi connectivity index (χ2v) is 8.24. The number of hydrogen-bond acceptors (Lipinski definition) is 4. The Labute approximate surface area is 202 Å². The molecule has 2 heterocycles. The predicted octanol–water partition coefficient (Wildman–Crippen LogP) is 5.76. The maximum Gasteiger partial charge on any atom is 0.252 e. The average Bonchev–Trinajstić information content (AvgIpc) is 3.19. The van der Waals surface area contributed by atoms with Crippen LogP contribution in [0.2, 0.25) is 5.02 Å². The summed E-state index contributed by atoms with van der Waals surface area (Å²) in [6.45, 7) is 16.5. The van der Waals surface area contributed by atoms with Gasteiger partial charge in [0, 0.05) is 24.2 Å². The van der Waals surface area contributed by atoms with Crippen molar-refractivity contribution in [2.75, 3.05) is 37.3 Å². The van der Waals surface area contributed by atoms with Gasteiger partial charge in [-0.15, -0.1) is 11.3 Å². The highest BCUT2D eigenvalue weighted by Gasteiger charge is 2.34. The van der Waals surface area contributed by atoms with Crippen molar-refractivity contribution in [2.45, 2.75) is 54.5 Å². The topological polar surface area (TPSA) is 84.2 Å². The highest BCUT2D eigenvalue weighted by molar-refractivity contribution is 7.16. The molecule has 180 valence electrons. The summed E-state index contributed by atoms with van der Waals surface area (Å²) < 4.78 is 1.03. The Morgan fingerprint density at radius 2 is 1.72 bits per heavy atom. The number of amides is 2. The van der Waals surface area contributed by atoms with Crippen LogP contribution >= 0.6 is 22.9 Å². The van der Waals surface area contributed by atoms with E-state index in [-0.39, 0.29) is 0 Å². The summed E-state index contributed by atoms with van der Waals surface area (Å²) in [5.41, 5.74) is 8.09. The molecule has 2 aromatic rings. The number of thiophene rings is 1. The lowest BCUT2D eigenvalue weighted by atomic mass is 10.0. The SMILES string of the molecule is CC.CC.CC[N+]1(CC)CCc2c(sc(NC=O)c2C(N)=O)C1.CNc1ccc(Cl)cc1. The van der Waals surface area contributed by atoms with Gasteiger partial charge >= 0.3 is 0 Å². The van der Waals surface area contributed by atoms with Crippen LogP contribution in [0.25, 0.3) is 0 Å². The zero-order chi connectivity index (χ0) is 24.7. The Hall–Kier alpha value is -2.09. The highest BCUT2D eigenvalue weighted by Crippen LogP contribution is 2.38. The zero-order valence-electron chi connectivity index (χ0n) is 20.5. The summed E-state index contributed by atoms with van der Waals surface area (Å²) in [6, 6.07) is 7.57. The standard InChI is InChI=1S/C13H19N3O2S.C7H8ClN.2C2H6/c1-3-16(4-2)6-5-9-10(7-16)19-13(15-8-17)11(9)12(14)18;1-9-7-4-2-6(8)3-5-7;2*1-2/h8H,3-7H2,1-2H3,(H2-,14,15,17,18);2-5,9H,1H3;2*1-2H3/p+1. The second kappa shape index (κ2) is 15.7. The van der Waals surface area contributed by atoms with Crippen LogP contribution in [0.5, 0.6) is 0 Å². The molecule has 0 bridgehead atoms. The van der Waals surface area contributed by atoms with Crippen molar-refractivity contribution in [2.24, 2.45) is 5.73 Å². The number of benzene rings is 1. The van der Waals surface area contributed by atoms with Crippen molar-refractivity contribution in [3.8, 4) is 0 Å². The summed E-state index contributed by atoms with van der Waals surface area (Å²) in [6.07, 6.45) is 1.46. The van der Waals surface area contributed by atoms with E-state index < -0.39 is 5.91 Å². The molecule has 0 saturated carbocycles. The molecule has 2 amide bonds. The number of likely N-dealkylation sites (N-methyl/N-ethyl adjacent to an activating group) is 1. The van der Waals surface area contributed by atoms with Gasteiger partial charge in [0.15, 0.2) is 0 Å². The van der Waals surface area contributed by atoms with E-state index in [1.807, 2.05) is 59.0 Å². The second-order valence-electron chi connectivity index (χ2n) is 6.70. The summed E-state index contributed by atoms with van der Waals surface area (Å²) in [4.78, 5) is 23.4. The molecule has 0 spiro atoms. The lowest BCUT2D eigenvalue weighted by Crippen LogP contribution is -2.50. The lowest BCUT2D eigenvalue weighted by molar-refractivity contribution is -0.939. The Morgan fingerprint density at radius 1 is 1.16 bits per heavy atom. The number of anilines is 2. The lowest BCUT2D eigenvalue weighted by Gasteiger charge is -2.39. The van der Waals surface area contributed by atoms with Crippen LogP contribution in [0.1, 0.15) is 62.3 Å². The molecule has 0 fully saturated rings. The fourth-order valence-electron chi connectivity index (χ4n) is 3.43. The van der Waals surface area contributed by atoms with Crippen molar-refractivity contribution in [3.05, 3.63) is 45.3 Å². The maximum atomic E-state index is 11.6. The van der Waals surface area contributed by atoms with Gasteiger partial charge in [0.1, 0.15) is 11.5 Å². The molecule has 1 aliphatic rings. The minimum Gasteiger partial charge on any atom is -0.388 e. The van der Waals surface area contributed by atoms with Gasteiger partial charge < -0.3 is 20.9 Å². The van der Waals surface area contributed by atoms with Gasteiger partial charge in [-0.25, -0.2) is 0 Å². The van der Waals surface area contributed by atoms with Gasteiger partial charge in [0.25, 0.3) is 5.91 Å². The third-order valence-corrected chi connectivity index (χ3v) is 6.72. The zero-order valence-corrected chi connectivity index (χ0v) is 22.1. The predicted molar refractivity (Wildman–Crippen MR) is 140 cm³/mol. The van der Waals surface area contributed by atoms with E-state index in [0.717, 1.165) is 53.4 Å². The van der Waals surface area contributed by atoms with E-state index >= 15 is 0 Å². The number of rotatable bonds is 6. The van der Waals surface area contributed by atoms with Gasteiger partial charge in [-0.3, -0.25) is 9.59 Å². The number of primary amides is 1. The number of nitrogens with zero attached hydrogens (tertiary/aromatic N) is 1. The summed E-state index contributed by atoms with van der Waals surface area (Å²) in [5.74, 6) is -0.449. The molecule has 32 heavy (non-hydrogen) atoms. The van der Waals surface area contributed by atoms with Crippen LogP contribution in [0.15, 0.2) is 24.3 Å². The van der Waals surface area contributed by atoms with Gasteiger partial charge in [-0.05, 0) is 43.7 Å². The molecule has 1 aromatic heterocycles. The number of halogens is 1. The molecule has 8 heteroatoms. The van der Waals surface area contributed by atoms with Gasteiger partial charge in [0.05, 0.1) is 30.1 Å². The maximum absolute atomic E-state index is 11.6. The summed E-state index contributed by atoms with van der Waals surface area (Å²) >= 11 is 7.13. The van der Waals surface area contributed by atoms with Crippen LogP contribution in [-0.2, 0) is 17.8 Å². The number of quaternary nitrogens is 1. The monoisotopic (exact) mass is 483 g/mol. The molecule has 3 rings (SSSR count). The minimum absolute atomic E-state index is 0.449. The molecular weight excluding hydrogens is 444 g/mol. The largest absolute Gasteiger partial charge is 0.388 e. The number of carbonyl (C=O) groups is 2. The Morgan fingerprint density at radius 3 is 2.16 bits per heavy atom. The molecule has 1 aliphatic heterocycles. The quantitative estimate of drug-likeness (QED) is 0.360. The van der Waals surface area contributed by atoms with E-state index in [2.05, 4.69) is 24.5 Å². The minimum atomic E-state index is -0.449. The molecule has 1 aromatic carbocycles. The molecule has 0 aliphatic carbocycles. The first-order valence-corrected chi connectivity index (χ1v) is 12.5. The van der Waals surface area contributed by atoms with Crippen molar-refractivity contribution in [3.63, 3.8) is 0 Å². The van der Waals surface area contributed by atoms with Crippen LogP contribution < -0.4 is 16.4 Å². The van der Waals surface area contributed by atoms with Crippen LogP contribution in [0.3, 0.4) is 0 Å². The van der Waals surface area contributed by atoms with E-state index in [4.69, 9.17) is 17.3 Å².